The molecular weight excluding hydrogens is 270 g/mol. The summed E-state index contributed by atoms with van der Waals surface area (Å²) in [6.45, 7) is 4.89. The first-order valence-electron chi connectivity index (χ1n) is 7.15. The van der Waals surface area contributed by atoms with Crippen molar-refractivity contribution in [1.29, 1.82) is 0 Å². The molecule has 0 aliphatic carbocycles. The molecule has 0 spiro atoms. The number of ether oxygens (including phenoxy) is 1. The number of morpholine rings is 1. The molecule has 1 N–H and O–H groups in total. The van der Waals surface area contributed by atoms with Gasteiger partial charge in [0.2, 0.25) is 5.91 Å². The molecule has 0 bridgehead atoms. The molecule has 5 heteroatoms. The average molecular weight is 291 g/mol. The van der Waals surface area contributed by atoms with Crippen LogP contribution >= 0.6 is 0 Å². The number of hydrogen-bond donors (Lipinski definition) is 1. The number of aryl methyl sites for hydroxylation is 3. The predicted octanol–water partition coefficient (Wildman–Crippen LogP) is 1.55. The Morgan fingerprint density at radius 2 is 2.14 bits per heavy atom. The number of amides is 1. The number of carbonyl (C=O) groups excluding carboxylic acids is 1. The lowest BCUT2D eigenvalue weighted by Crippen LogP contribution is -2.52. The van der Waals surface area contributed by atoms with E-state index in [4.69, 9.17) is 9.84 Å². The molecule has 5 nitrogen and oxygen atoms in total. The SMILES string of the molecule is Cc1ccc(CCC(=O)N2CCOCC2C(=O)O)c(C)c1. The van der Waals surface area contributed by atoms with Crippen LogP contribution in [-0.4, -0.2) is 47.7 Å². The minimum Gasteiger partial charge on any atom is -0.480 e. The maximum atomic E-state index is 12.3. The minimum atomic E-state index is -1.01. The summed E-state index contributed by atoms with van der Waals surface area (Å²) in [6.07, 6.45) is 0.961. The standard InChI is InChI=1S/C16H21NO4/c1-11-3-4-13(12(2)9-11)5-6-15(18)17-7-8-21-10-14(17)16(19)20/h3-4,9,14H,5-8,10H2,1-2H3,(H,19,20). The minimum absolute atomic E-state index is 0.0740. The number of carbonyl (C=O) groups is 2. The molecule has 1 aromatic carbocycles. The van der Waals surface area contributed by atoms with Crippen LogP contribution in [0.3, 0.4) is 0 Å². The van der Waals surface area contributed by atoms with E-state index in [1.807, 2.05) is 26.0 Å². The number of hydrogen-bond acceptors (Lipinski definition) is 3. The van der Waals surface area contributed by atoms with Crippen LogP contribution in [0.5, 0.6) is 0 Å². The quantitative estimate of drug-likeness (QED) is 0.914. The fourth-order valence-corrected chi connectivity index (χ4v) is 2.62. The summed E-state index contributed by atoms with van der Waals surface area (Å²) in [5, 5.41) is 9.14. The summed E-state index contributed by atoms with van der Waals surface area (Å²) in [4.78, 5) is 24.9. The zero-order valence-electron chi connectivity index (χ0n) is 12.5. The van der Waals surface area contributed by atoms with Crippen LogP contribution < -0.4 is 0 Å². The summed E-state index contributed by atoms with van der Waals surface area (Å²) in [6, 6.07) is 5.30. The lowest BCUT2D eigenvalue weighted by molar-refractivity contribution is -0.158. The third kappa shape index (κ3) is 3.82. The van der Waals surface area contributed by atoms with Crippen molar-refractivity contribution in [2.24, 2.45) is 0 Å². The molecule has 1 aliphatic heterocycles. The van der Waals surface area contributed by atoms with Gasteiger partial charge in [-0.25, -0.2) is 4.79 Å². The molecule has 1 unspecified atom stereocenters. The largest absolute Gasteiger partial charge is 0.480 e. The highest BCUT2D eigenvalue weighted by molar-refractivity contribution is 5.84. The number of rotatable bonds is 4. The number of benzene rings is 1. The van der Waals surface area contributed by atoms with Gasteiger partial charge in [-0.3, -0.25) is 4.79 Å². The third-order valence-electron chi connectivity index (χ3n) is 3.84. The molecule has 1 fully saturated rings. The van der Waals surface area contributed by atoms with Crippen LogP contribution in [0.2, 0.25) is 0 Å². The average Bonchev–Trinajstić information content (AvgIpc) is 2.46. The predicted molar refractivity (Wildman–Crippen MR) is 78.2 cm³/mol. The second kappa shape index (κ2) is 6.72. The Labute approximate surface area is 124 Å². The van der Waals surface area contributed by atoms with Gasteiger partial charge in [0.25, 0.3) is 0 Å². The fraction of sp³-hybridized carbons (Fsp3) is 0.500. The number of carboxylic acids is 1. The Balaban J connectivity index is 1.98. The summed E-state index contributed by atoms with van der Waals surface area (Å²) in [7, 11) is 0. The first-order valence-corrected chi connectivity index (χ1v) is 7.15. The van der Waals surface area contributed by atoms with Crippen molar-refractivity contribution >= 4 is 11.9 Å². The molecule has 1 heterocycles. The van der Waals surface area contributed by atoms with Crippen molar-refractivity contribution in [3.8, 4) is 0 Å². The van der Waals surface area contributed by atoms with Crippen LogP contribution in [0.25, 0.3) is 0 Å². The number of nitrogens with zero attached hydrogens (tertiary/aromatic N) is 1. The topological polar surface area (TPSA) is 66.8 Å². The Morgan fingerprint density at radius 3 is 2.81 bits per heavy atom. The first kappa shape index (κ1) is 15.5. The fourth-order valence-electron chi connectivity index (χ4n) is 2.62. The van der Waals surface area contributed by atoms with Crippen LogP contribution in [0, 0.1) is 13.8 Å². The highest BCUT2D eigenvalue weighted by Gasteiger charge is 2.32. The summed E-state index contributed by atoms with van der Waals surface area (Å²) >= 11 is 0. The van der Waals surface area contributed by atoms with Gasteiger partial charge in [-0.2, -0.15) is 0 Å². The third-order valence-corrected chi connectivity index (χ3v) is 3.84. The van der Waals surface area contributed by atoms with Crippen molar-refractivity contribution < 1.29 is 19.4 Å². The smallest absolute Gasteiger partial charge is 0.328 e. The van der Waals surface area contributed by atoms with Crippen LogP contribution in [0.15, 0.2) is 18.2 Å². The van der Waals surface area contributed by atoms with Gasteiger partial charge in [0.05, 0.1) is 13.2 Å². The van der Waals surface area contributed by atoms with E-state index in [9.17, 15) is 9.59 Å². The monoisotopic (exact) mass is 291 g/mol. The lowest BCUT2D eigenvalue weighted by atomic mass is 10.0. The van der Waals surface area contributed by atoms with E-state index in [-0.39, 0.29) is 12.5 Å². The molecule has 0 saturated carbocycles. The van der Waals surface area contributed by atoms with Gasteiger partial charge < -0.3 is 14.7 Å². The van der Waals surface area contributed by atoms with E-state index in [1.54, 1.807) is 0 Å². The maximum Gasteiger partial charge on any atom is 0.328 e. The molecule has 114 valence electrons. The zero-order valence-corrected chi connectivity index (χ0v) is 12.5. The number of carboxylic acid groups (broad SMARTS) is 1. The van der Waals surface area contributed by atoms with Gasteiger partial charge in [-0.15, -0.1) is 0 Å². The van der Waals surface area contributed by atoms with Crippen molar-refractivity contribution in [2.45, 2.75) is 32.7 Å². The van der Waals surface area contributed by atoms with Gasteiger partial charge in [-0.1, -0.05) is 23.8 Å². The molecule has 1 amide bonds. The Hall–Kier alpha value is -1.88. The van der Waals surface area contributed by atoms with E-state index >= 15 is 0 Å². The Morgan fingerprint density at radius 1 is 1.38 bits per heavy atom. The molecule has 1 aliphatic rings. The van der Waals surface area contributed by atoms with Gasteiger partial charge in [-0.05, 0) is 31.4 Å². The maximum absolute atomic E-state index is 12.3. The van der Waals surface area contributed by atoms with Gasteiger partial charge in [0.1, 0.15) is 0 Å². The molecule has 1 atom stereocenters. The zero-order chi connectivity index (χ0) is 15.4. The molecule has 1 aromatic rings. The second-order valence-electron chi connectivity index (χ2n) is 5.45. The van der Waals surface area contributed by atoms with Crippen molar-refractivity contribution in [3.05, 3.63) is 34.9 Å². The highest BCUT2D eigenvalue weighted by Crippen LogP contribution is 2.15. The van der Waals surface area contributed by atoms with E-state index in [2.05, 4.69) is 6.07 Å². The Kier molecular flexibility index (Phi) is 4.96. The summed E-state index contributed by atoms with van der Waals surface area (Å²) in [5.41, 5.74) is 3.50. The van der Waals surface area contributed by atoms with E-state index < -0.39 is 12.0 Å². The summed E-state index contributed by atoms with van der Waals surface area (Å²) in [5.74, 6) is -1.12. The molecule has 21 heavy (non-hydrogen) atoms. The van der Waals surface area contributed by atoms with Crippen LogP contribution in [0.1, 0.15) is 23.1 Å². The van der Waals surface area contributed by atoms with Gasteiger partial charge >= 0.3 is 5.97 Å². The Bertz CT molecular complexity index is 541. The first-order chi connectivity index (χ1) is 9.99. The van der Waals surface area contributed by atoms with Crippen molar-refractivity contribution in [1.82, 2.24) is 4.90 Å². The molecule has 2 rings (SSSR count). The van der Waals surface area contributed by atoms with Gasteiger partial charge in [0, 0.05) is 13.0 Å². The molecule has 0 aromatic heterocycles. The van der Waals surface area contributed by atoms with E-state index in [1.165, 1.54) is 16.0 Å². The molecule has 0 radical (unpaired) electrons. The normalized spacial score (nSPS) is 18.6. The van der Waals surface area contributed by atoms with Crippen LogP contribution in [0.4, 0.5) is 0 Å². The number of aliphatic carboxylic acids is 1. The highest BCUT2D eigenvalue weighted by atomic mass is 16.5. The van der Waals surface area contributed by atoms with Crippen LogP contribution in [-0.2, 0) is 20.7 Å². The lowest BCUT2D eigenvalue weighted by Gasteiger charge is -2.33. The molecule has 1 saturated heterocycles. The van der Waals surface area contributed by atoms with Gasteiger partial charge in [0.15, 0.2) is 6.04 Å². The van der Waals surface area contributed by atoms with E-state index in [0.29, 0.717) is 26.0 Å². The van der Waals surface area contributed by atoms with Crippen molar-refractivity contribution in [3.63, 3.8) is 0 Å². The van der Waals surface area contributed by atoms with Crippen molar-refractivity contribution in [2.75, 3.05) is 19.8 Å². The second-order valence-corrected chi connectivity index (χ2v) is 5.45. The molecular formula is C16H21NO4. The van der Waals surface area contributed by atoms with E-state index in [0.717, 1.165) is 5.56 Å². The summed E-state index contributed by atoms with van der Waals surface area (Å²) < 4.78 is 5.14.